The molecule has 0 fully saturated rings. The quantitative estimate of drug-likeness (QED) is 0.641. The molecule has 92 valence electrons. The molecule has 17 heavy (non-hydrogen) atoms. The number of hydrogen-bond donors (Lipinski definition) is 3. The Morgan fingerprint density at radius 2 is 1.59 bits per heavy atom. The van der Waals surface area contributed by atoms with E-state index in [1.807, 2.05) is 17.6 Å². The molecule has 0 spiro atoms. The first-order valence-electron chi connectivity index (χ1n) is 5.27. The summed E-state index contributed by atoms with van der Waals surface area (Å²) in [5.41, 5.74) is 10.7. The van der Waals surface area contributed by atoms with E-state index >= 15 is 0 Å². The standard InChI is InChI=1S/C12H17N3O2/c1-12(2,3)9-6-4-8(5-7-9)10(16)14-15-11(13)17/h4-7H,1-3H3,(H,14,16)(H3,13,15,17). The summed E-state index contributed by atoms with van der Waals surface area (Å²) >= 11 is 0. The summed E-state index contributed by atoms with van der Waals surface area (Å²) in [4.78, 5) is 21.9. The Morgan fingerprint density at radius 3 is 2.00 bits per heavy atom. The first-order valence-corrected chi connectivity index (χ1v) is 5.27. The smallest absolute Gasteiger partial charge is 0.330 e. The van der Waals surface area contributed by atoms with Gasteiger partial charge >= 0.3 is 6.03 Å². The monoisotopic (exact) mass is 235 g/mol. The van der Waals surface area contributed by atoms with Crippen LogP contribution in [0.1, 0.15) is 36.7 Å². The summed E-state index contributed by atoms with van der Waals surface area (Å²) in [6.07, 6.45) is 0. The maximum absolute atomic E-state index is 11.5. The number of hydrazine groups is 1. The Bertz CT molecular complexity index is 418. The molecule has 0 heterocycles. The van der Waals surface area contributed by atoms with Crippen LogP contribution in [0.3, 0.4) is 0 Å². The average Bonchev–Trinajstić information content (AvgIpc) is 2.25. The van der Waals surface area contributed by atoms with Crippen LogP contribution in [0, 0.1) is 0 Å². The molecule has 0 atom stereocenters. The van der Waals surface area contributed by atoms with Crippen molar-refractivity contribution in [2.24, 2.45) is 5.73 Å². The maximum atomic E-state index is 11.5. The number of primary amides is 1. The van der Waals surface area contributed by atoms with Crippen LogP contribution in [0.5, 0.6) is 0 Å². The predicted molar refractivity (Wildman–Crippen MR) is 65.3 cm³/mol. The fourth-order valence-corrected chi connectivity index (χ4v) is 1.31. The zero-order valence-corrected chi connectivity index (χ0v) is 10.2. The van der Waals surface area contributed by atoms with Gasteiger partial charge in [0.15, 0.2) is 0 Å². The summed E-state index contributed by atoms with van der Waals surface area (Å²) in [5.74, 6) is -0.399. The second kappa shape index (κ2) is 4.86. The topological polar surface area (TPSA) is 84.2 Å². The number of rotatable bonds is 1. The molecule has 0 aliphatic rings. The van der Waals surface area contributed by atoms with Crippen LogP contribution in [0.4, 0.5) is 4.79 Å². The minimum atomic E-state index is -0.801. The van der Waals surface area contributed by atoms with E-state index in [-0.39, 0.29) is 5.41 Å². The lowest BCUT2D eigenvalue weighted by atomic mass is 9.87. The second-order valence-electron chi connectivity index (χ2n) is 4.77. The van der Waals surface area contributed by atoms with Gasteiger partial charge in [-0.15, -0.1) is 0 Å². The molecule has 4 N–H and O–H groups in total. The molecule has 0 radical (unpaired) electrons. The first-order chi connectivity index (χ1) is 7.80. The maximum Gasteiger partial charge on any atom is 0.330 e. The number of benzene rings is 1. The van der Waals surface area contributed by atoms with Gasteiger partial charge in [-0.1, -0.05) is 32.9 Å². The molecule has 0 aliphatic heterocycles. The first kappa shape index (κ1) is 13.0. The number of carbonyl (C=O) groups excluding carboxylic acids is 2. The van der Waals surface area contributed by atoms with E-state index in [1.165, 1.54) is 0 Å². The van der Waals surface area contributed by atoms with Crippen LogP contribution < -0.4 is 16.6 Å². The van der Waals surface area contributed by atoms with E-state index in [0.29, 0.717) is 5.56 Å². The third-order valence-corrected chi connectivity index (χ3v) is 2.31. The van der Waals surface area contributed by atoms with Crippen molar-refractivity contribution in [3.8, 4) is 0 Å². The molecule has 0 aromatic heterocycles. The summed E-state index contributed by atoms with van der Waals surface area (Å²) in [5, 5.41) is 0. The van der Waals surface area contributed by atoms with Gasteiger partial charge in [0, 0.05) is 5.56 Å². The summed E-state index contributed by atoms with van der Waals surface area (Å²) in [6.45, 7) is 6.28. The highest BCUT2D eigenvalue weighted by atomic mass is 16.2. The minimum Gasteiger partial charge on any atom is -0.350 e. The zero-order chi connectivity index (χ0) is 13.1. The van der Waals surface area contributed by atoms with Crippen molar-refractivity contribution < 1.29 is 9.59 Å². The third-order valence-electron chi connectivity index (χ3n) is 2.31. The summed E-state index contributed by atoms with van der Waals surface area (Å²) in [7, 11) is 0. The van der Waals surface area contributed by atoms with Crippen LogP contribution in [0.2, 0.25) is 0 Å². The molecule has 0 saturated heterocycles. The molecule has 1 aromatic carbocycles. The van der Waals surface area contributed by atoms with Crippen LogP contribution in [-0.2, 0) is 5.41 Å². The van der Waals surface area contributed by atoms with Crippen LogP contribution in [0.25, 0.3) is 0 Å². The van der Waals surface area contributed by atoms with E-state index in [1.54, 1.807) is 12.1 Å². The van der Waals surface area contributed by atoms with Crippen molar-refractivity contribution in [2.45, 2.75) is 26.2 Å². The fraction of sp³-hybridized carbons (Fsp3) is 0.333. The van der Waals surface area contributed by atoms with Gasteiger partial charge in [0.25, 0.3) is 5.91 Å². The van der Waals surface area contributed by atoms with E-state index in [0.717, 1.165) is 5.56 Å². The minimum absolute atomic E-state index is 0.0421. The highest BCUT2D eigenvalue weighted by molar-refractivity contribution is 5.95. The number of urea groups is 1. The van der Waals surface area contributed by atoms with E-state index in [2.05, 4.69) is 26.2 Å². The van der Waals surface area contributed by atoms with E-state index in [9.17, 15) is 9.59 Å². The lowest BCUT2D eigenvalue weighted by molar-refractivity contribution is 0.0937. The van der Waals surface area contributed by atoms with Gasteiger partial charge in [0.05, 0.1) is 0 Å². The molecule has 3 amide bonds. The molecule has 0 unspecified atom stereocenters. The van der Waals surface area contributed by atoms with Gasteiger partial charge in [0.1, 0.15) is 0 Å². The summed E-state index contributed by atoms with van der Waals surface area (Å²) in [6, 6.07) is 6.39. The van der Waals surface area contributed by atoms with Crippen LogP contribution in [-0.4, -0.2) is 11.9 Å². The molecule has 1 aromatic rings. The van der Waals surface area contributed by atoms with Gasteiger partial charge in [-0.05, 0) is 23.1 Å². The Morgan fingerprint density at radius 1 is 1.06 bits per heavy atom. The number of nitrogens with two attached hydrogens (primary N) is 1. The number of hydrogen-bond acceptors (Lipinski definition) is 2. The SMILES string of the molecule is CC(C)(C)c1ccc(C(=O)NNC(N)=O)cc1. The van der Waals surface area contributed by atoms with Crippen molar-refractivity contribution in [1.29, 1.82) is 0 Å². The van der Waals surface area contributed by atoms with E-state index < -0.39 is 11.9 Å². The lowest BCUT2D eigenvalue weighted by Gasteiger charge is -2.19. The van der Waals surface area contributed by atoms with Crippen LogP contribution in [0.15, 0.2) is 24.3 Å². The van der Waals surface area contributed by atoms with Crippen LogP contribution >= 0.6 is 0 Å². The molecular formula is C12H17N3O2. The fourth-order valence-electron chi connectivity index (χ4n) is 1.31. The molecular weight excluding hydrogens is 218 g/mol. The number of carbonyl (C=O) groups is 2. The Kier molecular flexibility index (Phi) is 3.73. The normalized spacial score (nSPS) is 10.8. The Labute approximate surface area is 100 Å². The van der Waals surface area contributed by atoms with Crippen molar-refractivity contribution in [1.82, 2.24) is 10.9 Å². The van der Waals surface area contributed by atoms with Gasteiger partial charge in [0.2, 0.25) is 0 Å². The average molecular weight is 235 g/mol. The number of amides is 3. The van der Waals surface area contributed by atoms with Gasteiger partial charge in [-0.3, -0.25) is 10.2 Å². The Hall–Kier alpha value is -2.04. The van der Waals surface area contributed by atoms with Gasteiger partial charge in [-0.25, -0.2) is 10.2 Å². The zero-order valence-electron chi connectivity index (χ0n) is 10.2. The molecule has 5 heteroatoms. The third kappa shape index (κ3) is 3.79. The molecule has 5 nitrogen and oxygen atoms in total. The predicted octanol–water partition coefficient (Wildman–Crippen LogP) is 1.30. The summed E-state index contributed by atoms with van der Waals surface area (Å²) < 4.78 is 0. The van der Waals surface area contributed by atoms with Crippen molar-refractivity contribution >= 4 is 11.9 Å². The molecule has 0 saturated carbocycles. The largest absolute Gasteiger partial charge is 0.350 e. The molecule has 0 bridgehead atoms. The highest BCUT2D eigenvalue weighted by Gasteiger charge is 2.14. The second-order valence-corrected chi connectivity index (χ2v) is 4.77. The van der Waals surface area contributed by atoms with Gasteiger partial charge < -0.3 is 5.73 Å². The molecule has 0 aliphatic carbocycles. The highest BCUT2D eigenvalue weighted by Crippen LogP contribution is 2.21. The Balaban J connectivity index is 2.74. The van der Waals surface area contributed by atoms with Crippen molar-refractivity contribution in [3.63, 3.8) is 0 Å². The van der Waals surface area contributed by atoms with Gasteiger partial charge in [-0.2, -0.15) is 0 Å². The number of nitrogens with one attached hydrogen (secondary N) is 2. The van der Waals surface area contributed by atoms with Crippen molar-refractivity contribution in [2.75, 3.05) is 0 Å². The van der Waals surface area contributed by atoms with E-state index in [4.69, 9.17) is 5.73 Å². The molecule has 1 rings (SSSR count). The lowest BCUT2D eigenvalue weighted by Crippen LogP contribution is -2.44. The van der Waals surface area contributed by atoms with Crippen molar-refractivity contribution in [3.05, 3.63) is 35.4 Å².